The Morgan fingerprint density at radius 3 is 2.81 bits per heavy atom. The van der Waals surface area contributed by atoms with E-state index in [1.165, 1.54) is 32.2 Å². The van der Waals surface area contributed by atoms with Gasteiger partial charge in [0.15, 0.2) is 5.96 Å². The van der Waals surface area contributed by atoms with Gasteiger partial charge in [-0.1, -0.05) is 6.92 Å². The van der Waals surface area contributed by atoms with Crippen LogP contribution in [0.3, 0.4) is 0 Å². The molecule has 0 aromatic carbocycles. The van der Waals surface area contributed by atoms with Crippen LogP contribution in [-0.4, -0.2) is 86.5 Å². The van der Waals surface area contributed by atoms with Crippen molar-refractivity contribution in [3.63, 3.8) is 0 Å². The van der Waals surface area contributed by atoms with E-state index in [2.05, 4.69) is 22.0 Å². The average molecular weight is 447 g/mol. The molecule has 32 heavy (non-hydrogen) atoms. The van der Waals surface area contributed by atoms with Crippen LogP contribution in [0.2, 0.25) is 0 Å². The Bertz CT molecular complexity index is 667. The summed E-state index contributed by atoms with van der Waals surface area (Å²) in [6, 6.07) is 4.57. The second-order valence-corrected chi connectivity index (χ2v) is 9.35. The van der Waals surface area contributed by atoms with Crippen molar-refractivity contribution in [3.8, 4) is 0 Å². The molecule has 7 heteroatoms. The summed E-state index contributed by atoms with van der Waals surface area (Å²) in [4.78, 5) is 10.1. The predicted octanol–water partition coefficient (Wildman–Crippen LogP) is 3.30. The van der Waals surface area contributed by atoms with Gasteiger partial charge in [0.25, 0.3) is 0 Å². The number of likely N-dealkylation sites (tertiary alicyclic amines) is 2. The standard InChI is InChI=1S/C25H42N4O3/c1-2-28-14-5-7-21(28)19-27-25(26-13-10-22-9-6-18-30-22)29-15-11-23(12-16-29)32-20-24-8-3-4-17-31-24/h6,9,18,21,23-24H,2-5,7-8,10-17,19-20H2,1H3,(H,26,27). The first-order valence-corrected chi connectivity index (χ1v) is 12.8. The molecule has 3 aliphatic heterocycles. The summed E-state index contributed by atoms with van der Waals surface area (Å²) in [5.41, 5.74) is 0. The summed E-state index contributed by atoms with van der Waals surface area (Å²) in [7, 11) is 0. The minimum absolute atomic E-state index is 0.301. The van der Waals surface area contributed by atoms with Gasteiger partial charge in [-0.2, -0.15) is 0 Å². The second-order valence-electron chi connectivity index (χ2n) is 9.35. The number of likely N-dealkylation sites (N-methyl/N-ethyl adjacent to an activating group) is 1. The fourth-order valence-electron chi connectivity index (χ4n) is 5.15. The molecule has 1 aromatic heterocycles. The highest BCUT2D eigenvalue weighted by atomic mass is 16.5. The predicted molar refractivity (Wildman–Crippen MR) is 127 cm³/mol. The van der Waals surface area contributed by atoms with Crippen LogP contribution in [0.4, 0.5) is 0 Å². The molecule has 4 heterocycles. The minimum Gasteiger partial charge on any atom is -0.469 e. The molecule has 3 saturated heterocycles. The third-order valence-corrected chi connectivity index (χ3v) is 7.13. The Labute approximate surface area is 193 Å². The number of nitrogens with one attached hydrogen (secondary N) is 1. The molecule has 3 aliphatic rings. The Morgan fingerprint density at radius 1 is 1.16 bits per heavy atom. The van der Waals surface area contributed by atoms with Crippen molar-refractivity contribution in [1.82, 2.24) is 15.1 Å². The van der Waals surface area contributed by atoms with Crippen molar-refractivity contribution < 1.29 is 13.9 Å². The zero-order chi connectivity index (χ0) is 22.0. The summed E-state index contributed by atoms with van der Waals surface area (Å²) >= 11 is 0. The first-order chi connectivity index (χ1) is 15.8. The lowest BCUT2D eigenvalue weighted by atomic mass is 10.1. The van der Waals surface area contributed by atoms with E-state index < -0.39 is 0 Å². The molecule has 0 saturated carbocycles. The van der Waals surface area contributed by atoms with Gasteiger partial charge in [0.05, 0.1) is 31.6 Å². The van der Waals surface area contributed by atoms with Gasteiger partial charge < -0.3 is 24.1 Å². The van der Waals surface area contributed by atoms with Crippen LogP contribution in [0, 0.1) is 0 Å². The Kier molecular flexibility index (Phi) is 9.29. The lowest BCUT2D eigenvalue weighted by Gasteiger charge is -2.35. The molecule has 2 unspecified atom stereocenters. The molecule has 3 fully saturated rings. The monoisotopic (exact) mass is 446 g/mol. The van der Waals surface area contributed by atoms with Crippen LogP contribution in [-0.2, 0) is 15.9 Å². The highest BCUT2D eigenvalue weighted by Crippen LogP contribution is 2.19. The van der Waals surface area contributed by atoms with Crippen LogP contribution >= 0.6 is 0 Å². The van der Waals surface area contributed by atoms with E-state index in [1.807, 2.05) is 12.1 Å². The summed E-state index contributed by atoms with van der Waals surface area (Å²) in [5, 5.41) is 3.62. The normalized spacial score (nSPS) is 26.0. The molecule has 180 valence electrons. The van der Waals surface area contributed by atoms with Crippen LogP contribution in [0.15, 0.2) is 27.8 Å². The van der Waals surface area contributed by atoms with Crippen molar-refractivity contribution in [2.75, 3.05) is 52.5 Å². The van der Waals surface area contributed by atoms with Crippen molar-refractivity contribution in [1.29, 1.82) is 0 Å². The maximum Gasteiger partial charge on any atom is 0.193 e. The summed E-state index contributed by atoms with van der Waals surface area (Å²) in [6.07, 6.45) is 11.5. The number of furan rings is 1. The third kappa shape index (κ3) is 6.96. The number of aliphatic imine (C=N–C) groups is 1. The van der Waals surface area contributed by atoms with E-state index in [-0.39, 0.29) is 0 Å². The lowest BCUT2D eigenvalue weighted by Crippen LogP contribution is -2.48. The van der Waals surface area contributed by atoms with E-state index in [1.54, 1.807) is 6.26 Å². The van der Waals surface area contributed by atoms with Crippen molar-refractivity contribution in [2.24, 2.45) is 4.99 Å². The third-order valence-electron chi connectivity index (χ3n) is 7.13. The second kappa shape index (κ2) is 12.6. The van der Waals surface area contributed by atoms with Crippen molar-refractivity contribution in [3.05, 3.63) is 24.2 Å². The molecule has 1 aromatic rings. The smallest absolute Gasteiger partial charge is 0.193 e. The Morgan fingerprint density at radius 2 is 2.06 bits per heavy atom. The van der Waals surface area contributed by atoms with Crippen LogP contribution in [0.5, 0.6) is 0 Å². The first kappa shape index (κ1) is 23.6. The highest BCUT2D eigenvalue weighted by Gasteiger charge is 2.26. The number of nitrogens with zero attached hydrogens (tertiary/aromatic N) is 3. The number of ether oxygens (including phenoxy) is 2. The summed E-state index contributed by atoms with van der Waals surface area (Å²) < 4.78 is 17.5. The van der Waals surface area contributed by atoms with E-state index in [0.717, 1.165) is 83.3 Å². The van der Waals surface area contributed by atoms with Gasteiger partial charge in [-0.15, -0.1) is 0 Å². The van der Waals surface area contributed by atoms with E-state index in [4.69, 9.17) is 18.9 Å². The fourth-order valence-corrected chi connectivity index (χ4v) is 5.15. The molecule has 0 bridgehead atoms. The molecule has 0 aliphatic carbocycles. The molecule has 4 rings (SSSR count). The van der Waals surface area contributed by atoms with Gasteiger partial charge in [0, 0.05) is 38.7 Å². The molecule has 7 nitrogen and oxygen atoms in total. The van der Waals surface area contributed by atoms with Gasteiger partial charge in [0.1, 0.15) is 5.76 Å². The number of hydrogen-bond donors (Lipinski definition) is 1. The van der Waals surface area contributed by atoms with Crippen LogP contribution in [0.25, 0.3) is 0 Å². The molecule has 2 atom stereocenters. The molecular formula is C25H42N4O3. The molecule has 0 radical (unpaired) electrons. The highest BCUT2D eigenvalue weighted by molar-refractivity contribution is 5.80. The largest absolute Gasteiger partial charge is 0.469 e. The summed E-state index contributed by atoms with van der Waals surface area (Å²) in [6.45, 7) is 9.94. The molecule has 1 N–H and O–H groups in total. The van der Waals surface area contributed by atoms with E-state index in [9.17, 15) is 0 Å². The number of piperidine rings is 1. The van der Waals surface area contributed by atoms with Crippen LogP contribution < -0.4 is 5.32 Å². The van der Waals surface area contributed by atoms with Gasteiger partial charge >= 0.3 is 0 Å². The number of rotatable bonds is 9. The van der Waals surface area contributed by atoms with E-state index in [0.29, 0.717) is 18.2 Å². The quantitative estimate of drug-likeness (QED) is 0.464. The maximum atomic E-state index is 6.22. The summed E-state index contributed by atoms with van der Waals surface area (Å²) in [5.74, 6) is 2.07. The van der Waals surface area contributed by atoms with Gasteiger partial charge in [-0.05, 0) is 70.2 Å². The minimum atomic E-state index is 0.301. The first-order valence-electron chi connectivity index (χ1n) is 12.8. The Balaban J connectivity index is 1.27. The zero-order valence-electron chi connectivity index (χ0n) is 19.8. The van der Waals surface area contributed by atoms with Crippen molar-refractivity contribution in [2.45, 2.75) is 76.5 Å². The Hall–Kier alpha value is -1.57. The van der Waals surface area contributed by atoms with Crippen LogP contribution in [0.1, 0.15) is 57.6 Å². The number of hydrogen-bond acceptors (Lipinski definition) is 5. The van der Waals surface area contributed by atoms with Gasteiger partial charge in [0.2, 0.25) is 0 Å². The average Bonchev–Trinajstić information content (AvgIpc) is 3.53. The van der Waals surface area contributed by atoms with Gasteiger partial charge in [-0.3, -0.25) is 9.89 Å². The molecule has 0 spiro atoms. The zero-order valence-corrected chi connectivity index (χ0v) is 19.8. The molecule has 0 amide bonds. The van der Waals surface area contributed by atoms with E-state index >= 15 is 0 Å². The SMILES string of the molecule is CCN1CCCC1CN=C(NCCc1ccco1)N1CCC(OCC2CCCCO2)CC1. The van der Waals surface area contributed by atoms with Gasteiger partial charge in [-0.25, -0.2) is 0 Å². The van der Waals surface area contributed by atoms with Crippen molar-refractivity contribution >= 4 is 5.96 Å². The maximum absolute atomic E-state index is 6.22. The molecular weight excluding hydrogens is 404 g/mol. The lowest BCUT2D eigenvalue weighted by molar-refractivity contribution is -0.0721. The fraction of sp³-hybridized carbons (Fsp3) is 0.800. The topological polar surface area (TPSA) is 62.5 Å². The number of guanidine groups is 1.